The maximum Gasteiger partial charge on any atom is 0.123 e. The first-order chi connectivity index (χ1) is 14.3. The Labute approximate surface area is 181 Å². The smallest absolute Gasteiger partial charge is 0.123 e. The molecule has 0 radical (unpaired) electrons. The highest BCUT2D eigenvalue weighted by Crippen LogP contribution is 2.42. The van der Waals surface area contributed by atoms with E-state index in [1.54, 1.807) is 17.2 Å². The number of aryl methyl sites for hydroxylation is 3. The first-order valence-electron chi connectivity index (χ1n) is 10.7. The van der Waals surface area contributed by atoms with Gasteiger partial charge in [-0.1, -0.05) is 80.9 Å². The molecular weight excluding hydrogens is 369 g/mol. The van der Waals surface area contributed by atoms with Gasteiger partial charge in [0.15, 0.2) is 0 Å². The molecular formula is C28H34FN. The Kier molecular flexibility index (Phi) is 8.00. The molecule has 0 bridgehead atoms. The van der Waals surface area contributed by atoms with Crippen LogP contribution in [-0.4, -0.2) is 0 Å². The van der Waals surface area contributed by atoms with Crippen molar-refractivity contribution in [2.24, 2.45) is 5.73 Å². The molecule has 1 atom stereocenters. The molecule has 2 N–H and O–H groups in total. The van der Waals surface area contributed by atoms with Crippen LogP contribution in [0.3, 0.4) is 0 Å². The Morgan fingerprint density at radius 2 is 1.60 bits per heavy atom. The summed E-state index contributed by atoms with van der Waals surface area (Å²) in [5.74, 6) is 0.531. The zero-order valence-corrected chi connectivity index (χ0v) is 19.1. The van der Waals surface area contributed by atoms with Gasteiger partial charge in [0.1, 0.15) is 5.82 Å². The molecule has 0 aliphatic heterocycles. The third kappa shape index (κ3) is 5.82. The normalized spacial score (nSPS) is 13.2. The Bertz CT molecular complexity index is 1030. The first kappa shape index (κ1) is 23.4. The van der Waals surface area contributed by atoms with Gasteiger partial charge >= 0.3 is 0 Å². The molecule has 0 amide bonds. The minimum Gasteiger partial charge on any atom is -0.399 e. The van der Waals surface area contributed by atoms with Gasteiger partial charge in [-0.15, -0.1) is 0 Å². The fraction of sp³-hybridized carbons (Fsp3) is 0.286. The molecule has 0 saturated carbocycles. The quantitative estimate of drug-likeness (QED) is 0.483. The molecule has 1 aliphatic rings. The molecule has 30 heavy (non-hydrogen) atoms. The SMILES string of the molecule is C=C(N)c1c(C)cc(F)cc1Cc1cccc(C)c1.CC.Cc1ccc2c(c1)C2C. The summed E-state index contributed by atoms with van der Waals surface area (Å²) in [7, 11) is 0. The van der Waals surface area contributed by atoms with E-state index in [2.05, 4.69) is 44.7 Å². The van der Waals surface area contributed by atoms with Gasteiger partial charge in [0.05, 0.1) is 0 Å². The molecule has 2 heteroatoms. The van der Waals surface area contributed by atoms with E-state index in [1.165, 1.54) is 17.2 Å². The monoisotopic (exact) mass is 403 g/mol. The molecule has 0 heterocycles. The van der Waals surface area contributed by atoms with Gasteiger partial charge in [-0.2, -0.15) is 0 Å². The van der Waals surface area contributed by atoms with Gasteiger partial charge in [-0.3, -0.25) is 0 Å². The van der Waals surface area contributed by atoms with Gasteiger partial charge in [0, 0.05) is 17.2 Å². The fourth-order valence-corrected chi connectivity index (χ4v) is 3.80. The van der Waals surface area contributed by atoms with Crippen molar-refractivity contribution in [2.45, 2.75) is 53.9 Å². The van der Waals surface area contributed by atoms with Crippen molar-refractivity contribution in [1.29, 1.82) is 0 Å². The van der Waals surface area contributed by atoms with Crippen molar-refractivity contribution in [3.8, 4) is 0 Å². The molecule has 0 saturated heterocycles. The summed E-state index contributed by atoms with van der Waals surface area (Å²) >= 11 is 0. The summed E-state index contributed by atoms with van der Waals surface area (Å²) in [6.07, 6.45) is 0.659. The number of nitrogens with two attached hydrogens (primary N) is 1. The minimum atomic E-state index is -0.231. The van der Waals surface area contributed by atoms with E-state index in [1.807, 2.05) is 45.9 Å². The molecule has 1 unspecified atom stereocenters. The molecule has 3 aromatic rings. The maximum absolute atomic E-state index is 13.6. The average Bonchev–Trinajstić information content (AvgIpc) is 3.31. The summed E-state index contributed by atoms with van der Waals surface area (Å²) in [5, 5.41) is 0. The maximum atomic E-state index is 13.6. The van der Waals surface area contributed by atoms with Gasteiger partial charge in [0.2, 0.25) is 0 Å². The van der Waals surface area contributed by atoms with Crippen molar-refractivity contribution in [3.63, 3.8) is 0 Å². The van der Waals surface area contributed by atoms with Crippen LogP contribution in [0.1, 0.15) is 71.2 Å². The van der Waals surface area contributed by atoms with Crippen LogP contribution >= 0.6 is 0 Å². The number of halogens is 1. The summed E-state index contributed by atoms with van der Waals surface area (Å²) in [4.78, 5) is 0. The second kappa shape index (κ2) is 10.2. The van der Waals surface area contributed by atoms with Crippen LogP contribution < -0.4 is 5.73 Å². The van der Waals surface area contributed by atoms with Crippen LogP contribution in [0.4, 0.5) is 4.39 Å². The minimum absolute atomic E-state index is 0.231. The predicted octanol–water partition coefficient (Wildman–Crippen LogP) is 7.45. The standard InChI is InChI=1S/C17H18FN.C9H10.C2H6/c1-11-5-4-6-14(7-11)9-15-10-16(18)8-12(2)17(15)13(3)19;1-6-3-4-8-7(2)9(8)5-6;1-2/h4-8,10H,3,9,19H2,1-2H3;3-5,7H,1-2H3;1-2H3. The second-order valence-electron chi connectivity index (χ2n) is 7.80. The molecule has 0 aromatic heterocycles. The van der Waals surface area contributed by atoms with Gasteiger partial charge in [-0.25, -0.2) is 4.39 Å². The lowest BCUT2D eigenvalue weighted by atomic mass is 9.94. The van der Waals surface area contributed by atoms with Gasteiger partial charge < -0.3 is 5.73 Å². The highest BCUT2D eigenvalue weighted by Gasteiger charge is 2.26. The highest BCUT2D eigenvalue weighted by molar-refractivity contribution is 5.67. The Morgan fingerprint density at radius 3 is 2.17 bits per heavy atom. The zero-order chi connectivity index (χ0) is 22.4. The van der Waals surface area contributed by atoms with E-state index in [0.29, 0.717) is 12.1 Å². The molecule has 1 nitrogen and oxygen atoms in total. The van der Waals surface area contributed by atoms with Crippen molar-refractivity contribution < 1.29 is 4.39 Å². The number of hydrogen-bond donors (Lipinski definition) is 1. The van der Waals surface area contributed by atoms with Crippen molar-refractivity contribution in [2.75, 3.05) is 0 Å². The molecule has 0 fully saturated rings. The third-order valence-electron chi connectivity index (χ3n) is 5.27. The second-order valence-corrected chi connectivity index (χ2v) is 7.80. The van der Waals surface area contributed by atoms with Crippen LogP contribution in [0, 0.1) is 26.6 Å². The lowest BCUT2D eigenvalue weighted by molar-refractivity contribution is 0.624. The van der Waals surface area contributed by atoms with E-state index in [0.717, 1.165) is 28.2 Å². The van der Waals surface area contributed by atoms with E-state index < -0.39 is 0 Å². The largest absolute Gasteiger partial charge is 0.399 e. The fourth-order valence-electron chi connectivity index (χ4n) is 3.80. The molecule has 1 aliphatic carbocycles. The Morgan fingerprint density at radius 1 is 0.933 bits per heavy atom. The van der Waals surface area contributed by atoms with Crippen molar-refractivity contribution >= 4 is 5.70 Å². The van der Waals surface area contributed by atoms with Crippen LogP contribution in [0.2, 0.25) is 0 Å². The summed E-state index contributed by atoms with van der Waals surface area (Å²) in [5.41, 5.74) is 15.7. The lowest BCUT2D eigenvalue weighted by Gasteiger charge is -2.13. The topological polar surface area (TPSA) is 26.0 Å². The van der Waals surface area contributed by atoms with Crippen molar-refractivity contribution in [3.05, 3.63) is 112 Å². The summed E-state index contributed by atoms with van der Waals surface area (Å²) in [6, 6.07) is 17.9. The zero-order valence-electron chi connectivity index (χ0n) is 19.1. The van der Waals surface area contributed by atoms with E-state index in [4.69, 9.17) is 5.73 Å². The predicted molar refractivity (Wildman–Crippen MR) is 128 cm³/mol. The van der Waals surface area contributed by atoms with Gasteiger partial charge in [0.25, 0.3) is 0 Å². The Hall–Kier alpha value is -2.87. The summed E-state index contributed by atoms with van der Waals surface area (Å²) in [6.45, 7) is 16.1. The molecule has 4 rings (SSSR count). The number of fused-ring (bicyclic) bond motifs is 1. The average molecular weight is 404 g/mol. The summed E-state index contributed by atoms with van der Waals surface area (Å²) < 4.78 is 13.6. The third-order valence-corrected chi connectivity index (χ3v) is 5.27. The number of rotatable bonds is 3. The van der Waals surface area contributed by atoms with Gasteiger partial charge in [-0.05, 0) is 67.1 Å². The molecule has 3 aromatic carbocycles. The Balaban J connectivity index is 0.000000241. The number of benzene rings is 3. The van der Waals surface area contributed by atoms with E-state index >= 15 is 0 Å². The first-order valence-corrected chi connectivity index (χ1v) is 10.7. The van der Waals surface area contributed by atoms with Crippen LogP contribution in [0.5, 0.6) is 0 Å². The van der Waals surface area contributed by atoms with Crippen LogP contribution in [0.15, 0.2) is 61.2 Å². The lowest BCUT2D eigenvalue weighted by Crippen LogP contribution is -2.04. The van der Waals surface area contributed by atoms with Crippen LogP contribution in [0.25, 0.3) is 5.70 Å². The van der Waals surface area contributed by atoms with E-state index in [9.17, 15) is 4.39 Å². The van der Waals surface area contributed by atoms with Crippen molar-refractivity contribution in [1.82, 2.24) is 0 Å². The molecule has 0 spiro atoms. The van der Waals surface area contributed by atoms with E-state index in [-0.39, 0.29) is 5.82 Å². The van der Waals surface area contributed by atoms with Crippen LogP contribution in [-0.2, 0) is 6.42 Å². The highest BCUT2D eigenvalue weighted by atomic mass is 19.1. The number of hydrogen-bond acceptors (Lipinski definition) is 1. The molecule has 158 valence electrons.